The van der Waals surface area contributed by atoms with E-state index in [9.17, 15) is 4.79 Å². The molecular formula is C17H19NO2S. The molecule has 1 aromatic carbocycles. The molecule has 0 radical (unpaired) electrons. The van der Waals surface area contributed by atoms with Gasteiger partial charge in [0.15, 0.2) is 0 Å². The summed E-state index contributed by atoms with van der Waals surface area (Å²) in [6, 6.07) is 8.39. The van der Waals surface area contributed by atoms with Crippen LogP contribution in [0.3, 0.4) is 0 Å². The van der Waals surface area contributed by atoms with Gasteiger partial charge in [-0.15, -0.1) is 11.3 Å². The van der Waals surface area contributed by atoms with Crippen molar-refractivity contribution in [2.75, 3.05) is 0 Å². The number of hydrogen-bond acceptors (Lipinski definition) is 3. The van der Waals surface area contributed by atoms with Crippen LogP contribution in [-0.2, 0) is 17.6 Å². The average Bonchev–Trinajstić information content (AvgIpc) is 2.89. The van der Waals surface area contributed by atoms with E-state index in [1.165, 1.54) is 11.6 Å². The van der Waals surface area contributed by atoms with Crippen LogP contribution in [0.15, 0.2) is 30.3 Å². The zero-order valence-electron chi connectivity index (χ0n) is 12.3. The van der Waals surface area contributed by atoms with E-state index in [0.717, 1.165) is 40.4 Å². The Bertz CT molecular complexity index is 641. The molecule has 1 N–H and O–H groups in total. The number of carbonyl (C=O) groups is 1. The molecule has 2 aromatic rings. The highest BCUT2D eigenvalue weighted by atomic mass is 32.1. The summed E-state index contributed by atoms with van der Waals surface area (Å²) in [4.78, 5) is 16.3. The predicted molar refractivity (Wildman–Crippen MR) is 87.6 cm³/mol. The number of carboxylic acids is 1. The fraction of sp³-hybridized carbons (Fsp3) is 0.294. The Morgan fingerprint density at radius 1 is 1.29 bits per heavy atom. The highest BCUT2D eigenvalue weighted by molar-refractivity contribution is 7.16. The number of aryl methyl sites for hydroxylation is 2. The Morgan fingerprint density at radius 2 is 2.00 bits per heavy atom. The van der Waals surface area contributed by atoms with Crippen LogP contribution >= 0.6 is 11.3 Å². The third-order valence-corrected chi connectivity index (χ3v) is 4.31. The van der Waals surface area contributed by atoms with Gasteiger partial charge in [0.25, 0.3) is 0 Å². The van der Waals surface area contributed by atoms with E-state index >= 15 is 0 Å². The maximum atomic E-state index is 10.7. The van der Waals surface area contributed by atoms with Gasteiger partial charge in [-0.2, -0.15) is 0 Å². The van der Waals surface area contributed by atoms with E-state index in [4.69, 9.17) is 5.11 Å². The lowest BCUT2D eigenvalue weighted by Gasteiger charge is -1.98. The van der Waals surface area contributed by atoms with E-state index in [2.05, 4.69) is 43.1 Å². The van der Waals surface area contributed by atoms with Gasteiger partial charge in [-0.3, -0.25) is 0 Å². The summed E-state index contributed by atoms with van der Waals surface area (Å²) in [5.41, 5.74) is 3.37. The molecule has 0 saturated heterocycles. The molecule has 0 saturated carbocycles. The standard InChI is InChI=1S/C17H19NO2S/c1-3-5-14-15(10-11-16(19)20)21-17(18-14)13-8-6-12(4-2)7-9-13/h6-11H,3-5H2,1-2H3,(H,19,20)/b11-10+. The quantitative estimate of drug-likeness (QED) is 0.803. The van der Waals surface area contributed by atoms with Crippen LogP contribution in [0.2, 0.25) is 0 Å². The molecule has 0 aliphatic carbocycles. The van der Waals surface area contributed by atoms with E-state index in [-0.39, 0.29) is 0 Å². The van der Waals surface area contributed by atoms with Crippen molar-refractivity contribution in [3.8, 4) is 10.6 Å². The first-order valence-electron chi connectivity index (χ1n) is 7.14. The molecule has 0 bridgehead atoms. The molecule has 0 spiro atoms. The molecule has 3 nitrogen and oxygen atoms in total. The maximum absolute atomic E-state index is 10.7. The average molecular weight is 301 g/mol. The second-order valence-corrected chi connectivity index (χ2v) is 5.83. The second-order valence-electron chi connectivity index (χ2n) is 4.80. The van der Waals surface area contributed by atoms with Gasteiger partial charge in [-0.1, -0.05) is 44.5 Å². The molecule has 1 heterocycles. The Morgan fingerprint density at radius 3 is 2.57 bits per heavy atom. The normalized spacial score (nSPS) is 11.1. The fourth-order valence-electron chi connectivity index (χ4n) is 2.06. The summed E-state index contributed by atoms with van der Waals surface area (Å²) < 4.78 is 0. The topological polar surface area (TPSA) is 50.2 Å². The largest absolute Gasteiger partial charge is 0.478 e. The number of carboxylic acid groups (broad SMARTS) is 1. The van der Waals surface area contributed by atoms with Gasteiger partial charge >= 0.3 is 5.97 Å². The Kier molecular flexibility index (Phi) is 5.28. The highest BCUT2D eigenvalue weighted by Gasteiger charge is 2.10. The van der Waals surface area contributed by atoms with Gasteiger partial charge in [0, 0.05) is 11.6 Å². The zero-order valence-corrected chi connectivity index (χ0v) is 13.1. The van der Waals surface area contributed by atoms with Crippen LogP contribution < -0.4 is 0 Å². The summed E-state index contributed by atoms with van der Waals surface area (Å²) in [6.45, 7) is 4.23. The van der Waals surface area contributed by atoms with Gasteiger partial charge in [0.2, 0.25) is 0 Å². The molecule has 0 amide bonds. The van der Waals surface area contributed by atoms with E-state index in [1.807, 2.05) is 0 Å². The van der Waals surface area contributed by atoms with Crippen molar-refractivity contribution in [1.29, 1.82) is 0 Å². The molecular weight excluding hydrogens is 282 g/mol. The molecule has 0 fully saturated rings. The van der Waals surface area contributed by atoms with Crippen molar-refractivity contribution < 1.29 is 9.90 Å². The minimum Gasteiger partial charge on any atom is -0.478 e. The van der Waals surface area contributed by atoms with E-state index in [0.29, 0.717) is 0 Å². The molecule has 0 atom stereocenters. The Balaban J connectivity index is 2.35. The third-order valence-electron chi connectivity index (χ3n) is 3.20. The summed E-state index contributed by atoms with van der Waals surface area (Å²) in [5, 5.41) is 9.72. The van der Waals surface area contributed by atoms with Crippen molar-refractivity contribution in [2.45, 2.75) is 33.1 Å². The predicted octanol–water partition coefficient (Wildman–Crippen LogP) is 4.42. The first kappa shape index (κ1) is 15.4. The molecule has 21 heavy (non-hydrogen) atoms. The molecule has 4 heteroatoms. The van der Waals surface area contributed by atoms with E-state index < -0.39 is 5.97 Å². The van der Waals surface area contributed by atoms with Crippen LogP contribution in [0, 0.1) is 0 Å². The van der Waals surface area contributed by atoms with Crippen LogP contribution in [0.5, 0.6) is 0 Å². The highest BCUT2D eigenvalue weighted by Crippen LogP contribution is 2.30. The number of rotatable bonds is 6. The van der Waals surface area contributed by atoms with Crippen LogP contribution in [0.25, 0.3) is 16.6 Å². The van der Waals surface area contributed by atoms with Gasteiger partial charge < -0.3 is 5.11 Å². The van der Waals surface area contributed by atoms with Crippen molar-refractivity contribution in [2.24, 2.45) is 0 Å². The fourth-order valence-corrected chi connectivity index (χ4v) is 3.08. The van der Waals surface area contributed by atoms with Crippen molar-refractivity contribution in [3.05, 3.63) is 46.5 Å². The zero-order chi connectivity index (χ0) is 15.2. The monoisotopic (exact) mass is 301 g/mol. The van der Waals surface area contributed by atoms with Crippen molar-refractivity contribution >= 4 is 23.4 Å². The first-order valence-corrected chi connectivity index (χ1v) is 7.95. The summed E-state index contributed by atoms with van der Waals surface area (Å²) in [6.07, 6.45) is 5.70. The van der Waals surface area contributed by atoms with Crippen LogP contribution in [0.4, 0.5) is 0 Å². The lowest BCUT2D eigenvalue weighted by atomic mass is 10.1. The van der Waals surface area contributed by atoms with Crippen LogP contribution in [-0.4, -0.2) is 16.1 Å². The minimum atomic E-state index is -0.931. The van der Waals surface area contributed by atoms with E-state index in [1.54, 1.807) is 17.4 Å². The smallest absolute Gasteiger partial charge is 0.328 e. The number of hydrogen-bond donors (Lipinski definition) is 1. The number of aliphatic carboxylic acids is 1. The first-order chi connectivity index (χ1) is 10.1. The molecule has 0 aliphatic heterocycles. The lowest BCUT2D eigenvalue weighted by molar-refractivity contribution is -0.131. The van der Waals surface area contributed by atoms with Gasteiger partial charge in [0.05, 0.1) is 10.6 Å². The molecule has 110 valence electrons. The third kappa shape index (κ3) is 4.02. The molecule has 1 aromatic heterocycles. The molecule has 2 rings (SSSR count). The second kappa shape index (κ2) is 7.18. The summed E-state index contributed by atoms with van der Waals surface area (Å²) in [5.74, 6) is -0.931. The van der Waals surface area contributed by atoms with Crippen molar-refractivity contribution in [3.63, 3.8) is 0 Å². The Hall–Kier alpha value is -1.94. The Labute approximate surface area is 129 Å². The van der Waals surface area contributed by atoms with Gasteiger partial charge in [-0.25, -0.2) is 9.78 Å². The minimum absolute atomic E-state index is 0.864. The number of aromatic nitrogens is 1. The van der Waals surface area contributed by atoms with Crippen molar-refractivity contribution in [1.82, 2.24) is 4.98 Å². The van der Waals surface area contributed by atoms with Gasteiger partial charge in [0.1, 0.15) is 5.01 Å². The summed E-state index contributed by atoms with van der Waals surface area (Å²) >= 11 is 1.55. The SMILES string of the molecule is CCCc1nc(-c2ccc(CC)cc2)sc1/C=C/C(=O)O. The molecule has 0 aliphatic rings. The maximum Gasteiger partial charge on any atom is 0.328 e. The van der Waals surface area contributed by atoms with Crippen LogP contribution in [0.1, 0.15) is 36.4 Å². The number of nitrogens with zero attached hydrogens (tertiary/aromatic N) is 1. The molecule has 0 unspecified atom stereocenters. The lowest BCUT2D eigenvalue weighted by Crippen LogP contribution is -1.88. The number of benzene rings is 1. The summed E-state index contributed by atoms with van der Waals surface area (Å²) in [7, 11) is 0. The number of thiazole rings is 1. The van der Waals surface area contributed by atoms with Gasteiger partial charge in [-0.05, 0) is 24.5 Å².